The topological polar surface area (TPSA) is 70.2 Å². The minimum absolute atomic E-state index is 0.371. The monoisotopic (exact) mass is 475 g/mol. The van der Waals surface area contributed by atoms with Gasteiger partial charge in [-0.3, -0.25) is 9.59 Å². The van der Waals surface area contributed by atoms with Gasteiger partial charge in [0, 0.05) is 43.3 Å². The number of benzene rings is 1. The number of nitrogens with zero attached hydrogens (tertiary/aromatic N) is 3. The highest BCUT2D eigenvalue weighted by molar-refractivity contribution is 9.10. The highest BCUT2D eigenvalue weighted by Gasteiger charge is 2.62. The predicted molar refractivity (Wildman–Crippen MR) is 115 cm³/mol. The Balaban J connectivity index is 2.02. The van der Waals surface area contributed by atoms with E-state index in [1.165, 1.54) is 7.11 Å². The Morgan fingerprint density at radius 3 is 2.47 bits per heavy atom. The first-order chi connectivity index (χ1) is 14.3. The second kappa shape index (κ2) is 7.50. The maximum Gasteiger partial charge on any atom is 0.338 e. The summed E-state index contributed by atoms with van der Waals surface area (Å²) in [5.41, 5.74) is 0.621. The van der Waals surface area contributed by atoms with Gasteiger partial charge in [0.2, 0.25) is 11.6 Å². The first-order valence-corrected chi connectivity index (χ1v) is 10.9. The first kappa shape index (κ1) is 21.1. The fourth-order valence-electron chi connectivity index (χ4n) is 5.32. The Kier molecular flexibility index (Phi) is 5.26. The van der Waals surface area contributed by atoms with Crippen LogP contribution in [-0.2, 0) is 19.7 Å². The molecule has 0 aromatic heterocycles. The molecule has 2 aliphatic heterocycles. The molecule has 0 bridgehead atoms. The van der Waals surface area contributed by atoms with Crippen LogP contribution >= 0.6 is 15.9 Å². The van der Waals surface area contributed by atoms with E-state index in [1.54, 1.807) is 12.1 Å². The van der Waals surface area contributed by atoms with Gasteiger partial charge >= 0.3 is 5.97 Å². The number of ether oxygens (including phenoxy) is 1. The van der Waals surface area contributed by atoms with Crippen molar-refractivity contribution in [2.75, 3.05) is 47.4 Å². The van der Waals surface area contributed by atoms with Crippen LogP contribution in [0.4, 0.5) is 0 Å². The van der Waals surface area contributed by atoms with Crippen molar-refractivity contribution in [3.8, 4) is 0 Å². The number of Topliss-reactive ketones (excluding diaryl/α,β-unsaturated/α-hetero) is 2. The fraction of sp³-hybridized carbons (Fsp3) is 0.500. The van der Waals surface area contributed by atoms with E-state index in [1.807, 2.05) is 24.9 Å². The van der Waals surface area contributed by atoms with Crippen LogP contribution in [0, 0.1) is 0 Å². The third-order valence-corrected chi connectivity index (χ3v) is 7.28. The Labute approximate surface area is 184 Å². The van der Waals surface area contributed by atoms with Gasteiger partial charge in [-0.25, -0.2) is 4.79 Å². The van der Waals surface area contributed by atoms with Crippen LogP contribution in [0.3, 0.4) is 0 Å². The van der Waals surface area contributed by atoms with Crippen molar-refractivity contribution < 1.29 is 19.1 Å². The summed E-state index contributed by atoms with van der Waals surface area (Å²) >= 11 is 3.51. The number of methoxy groups -OCH3 is 1. The van der Waals surface area contributed by atoms with Crippen LogP contribution in [0.15, 0.2) is 34.1 Å². The van der Waals surface area contributed by atoms with E-state index in [0.717, 1.165) is 30.7 Å². The van der Waals surface area contributed by atoms with Crippen LogP contribution in [0.1, 0.15) is 29.3 Å². The van der Waals surface area contributed by atoms with Gasteiger partial charge in [0.25, 0.3) is 0 Å². The van der Waals surface area contributed by atoms with Crippen LogP contribution in [-0.4, -0.2) is 85.7 Å². The molecule has 1 saturated heterocycles. The van der Waals surface area contributed by atoms with Crippen molar-refractivity contribution >= 4 is 33.5 Å². The largest absolute Gasteiger partial charge is 0.466 e. The van der Waals surface area contributed by atoms with Gasteiger partial charge in [0.1, 0.15) is 11.9 Å². The number of likely N-dealkylation sites (N-methyl/N-ethyl adjacent to an activating group) is 2. The number of carbonyl (C=O) groups is 3. The zero-order chi connectivity index (χ0) is 21.8. The summed E-state index contributed by atoms with van der Waals surface area (Å²) in [4.78, 5) is 45.8. The first-order valence-electron chi connectivity index (χ1n) is 10.2. The summed E-state index contributed by atoms with van der Waals surface area (Å²) in [7, 11) is 5.24. The average molecular weight is 476 g/mol. The van der Waals surface area contributed by atoms with Crippen LogP contribution in [0.25, 0.3) is 0 Å². The zero-order valence-electron chi connectivity index (χ0n) is 17.7. The SMILES string of the molecule is CCC12C(C(=O)OC)=C(N3CCN(C)CC3)N(C)C1C(=O)C(=O)c1ccc(Br)cc12. The number of ketones is 2. The summed E-state index contributed by atoms with van der Waals surface area (Å²) in [5, 5.41) is 0. The lowest BCUT2D eigenvalue weighted by Gasteiger charge is -2.42. The summed E-state index contributed by atoms with van der Waals surface area (Å²) in [6.07, 6.45) is 0.492. The van der Waals surface area contributed by atoms with Crippen molar-refractivity contribution in [2.24, 2.45) is 0 Å². The molecule has 0 N–H and O–H groups in total. The van der Waals surface area contributed by atoms with E-state index in [0.29, 0.717) is 28.9 Å². The quantitative estimate of drug-likeness (QED) is 0.487. The maximum atomic E-state index is 13.4. The summed E-state index contributed by atoms with van der Waals surface area (Å²) in [5.74, 6) is -0.717. The molecule has 0 radical (unpaired) electrons. The van der Waals surface area contributed by atoms with Gasteiger partial charge < -0.3 is 19.4 Å². The molecule has 2 atom stereocenters. The third kappa shape index (κ3) is 2.76. The maximum absolute atomic E-state index is 13.4. The normalized spacial score (nSPS) is 26.8. The Bertz CT molecular complexity index is 967. The number of rotatable bonds is 3. The second-order valence-corrected chi connectivity index (χ2v) is 9.12. The van der Waals surface area contributed by atoms with Gasteiger partial charge in [-0.1, -0.05) is 22.9 Å². The van der Waals surface area contributed by atoms with Gasteiger partial charge in [-0.2, -0.15) is 0 Å². The van der Waals surface area contributed by atoms with Gasteiger partial charge in [0.05, 0.1) is 18.1 Å². The molecule has 0 spiro atoms. The number of hydrogen-bond acceptors (Lipinski definition) is 7. The lowest BCUT2D eigenvalue weighted by atomic mass is 9.62. The number of carbonyl (C=O) groups excluding carboxylic acids is 3. The number of piperazine rings is 1. The van der Waals surface area contributed by atoms with E-state index in [4.69, 9.17) is 4.74 Å². The Morgan fingerprint density at radius 1 is 1.20 bits per heavy atom. The van der Waals surface area contributed by atoms with E-state index in [2.05, 4.69) is 32.8 Å². The van der Waals surface area contributed by atoms with E-state index < -0.39 is 29.0 Å². The minimum Gasteiger partial charge on any atom is -0.466 e. The molecular weight excluding hydrogens is 450 g/mol. The molecule has 4 rings (SSSR count). The van der Waals surface area contributed by atoms with Crippen molar-refractivity contribution in [3.05, 3.63) is 45.2 Å². The molecule has 1 fully saturated rings. The zero-order valence-corrected chi connectivity index (χ0v) is 19.3. The molecule has 3 aliphatic rings. The van der Waals surface area contributed by atoms with Gasteiger partial charge in [0.15, 0.2) is 0 Å². The molecule has 1 aromatic rings. The van der Waals surface area contributed by atoms with Crippen LogP contribution < -0.4 is 0 Å². The lowest BCUT2D eigenvalue weighted by Crippen LogP contribution is -2.56. The van der Waals surface area contributed by atoms with E-state index in [-0.39, 0.29) is 0 Å². The lowest BCUT2D eigenvalue weighted by molar-refractivity contribution is -0.137. The smallest absolute Gasteiger partial charge is 0.338 e. The molecule has 0 amide bonds. The molecule has 0 saturated carbocycles. The fourth-order valence-corrected chi connectivity index (χ4v) is 5.68. The molecule has 7 nitrogen and oxygen atoms in total. The number of hydrogen-bond donors (Lipinski definition) is 0. The van der Waals surface area contributed by atoms with Crippen molar-refractivity contribution in [1.29, 1.82) is 0 Å². The van der Waals surface area contributed by atoms with E-state index >= 15 is 0 Å². The Morgan fingerprint density at radius 2 is 1.87 bits per heavy atom. The molecule has 8 heteroatoms. The highest BCUT2D eigenvalue weighted by atomic mass is 79.9. The van der Waals surface area contributed by atoms with Crippen molar-refractivity contribution in [1.82, 2.24) is 14.7 Å². The predicted octanol–water partition coefficient (Wildman–Crippen LogP) is 1.81. The van der Waals surface area contributed by atoms with Crippen LogP contribution in [0.2, 0.25) is 0 Å². The molecule has 2 unspecified atom stereocenters. The van der Waals surface area contributed by atoms with Crippen molar-refractivity contribution in [3.63, 3.8) is 0 Å². The number of halogens is 1. The molecule has 30 heavy (non-hydrogen) atoms. The summed E-state index contributed by atoms with van der Waals surface area (Å²) in [6, 6.07) is 4.55. The Hall–Kier alpha value is -2.19. The summed E-state index contributed by atoms with van der Waals surface area (Å²) in [6.45, 7) is 5.13. The molecule has 1 aliphatic carbocycles. The van der Waals surface area contributed by atoms with Crippen molar-refractivity contribution in [2.45, 2.75) is 24.8 Å². The molecule has 2 heterocycles. The van der Waals surface area contributed by atoms with E-state index in [9.17, 15) is 14.4 Å². The number of fused-ring (bicyclic) bond motifs is 3. The van der Waals surface area contributed by atoms with Gasteiger partial charge in [-0.15, -0.1) is 0 Å². The molecular formula is C22H26BrN3O4. The average Bonchev–Trinajstić information content (AvgIpc) is 3.01. The molecule has 1 aromatic carbocycles. The molecule has 160 valence electrons. The van der Waals surface area contributed by atoms with Crippen LogP contribution in [0.5, 0.6) is 0 Å². The second-order valence-electron chi connectivity index (χ2n) is 8.20. The number of esters is 1. The minimum atomic E-state index is -0.940. The summed E-state index contributed by atoms with van der Waals surface area (Å²) < 4.78 is 6.04. The standard InChI is InChI=1S/C22H26BrN3O4/c1-5-22-15-12-13(23)6-7-14(15)17(27)18(28)19(22)25(3)20(16(22)21(29)30-4)26-10-8-24(2)9-11-26/h6-7,12,19H,5,8-11H2,1-4H3. The third-order valence-electron chi connectivity index (χ3n) is 6.79. The van der Waals surface area contributed by atoms with Gasteiger partial charge in [-0.05, 0) is 37.2 Å². The highest BCUT2D eigenvalue weighted by Crippen LogP contribution is 2.53.